The van der Waals surface area contributed by atoms with Crippen LogP contribution in [0, 0.1) is 5.92 Å². The van der Waals surface area contributed by atoms with Crippen molar-refractivity contribution in [3.63, 3.8) is 0 Å². The van der Waals surface area contributed by atoms with Gasteiger partial charge in [0.2, 0.25) is 0 Å². The van der Waals surface area contributed by atoms with Gasteiger partial charge in [-0.3, -0.25) is 0 Å². The first-order valence-electron chi connectivity index (χ1n) is 6.30. The number of rotatable bonds is 2. The first-order chi connectivity index (χ1) is 6.84. The summed E-state index contributed by atoms with van der Waals surface area (Å²) in [6.45, 7) is 7.64. The molecule has 2 heterocycles. The molecule has 2 atom stereocenters. The monoisotopic (exact) mass is 196 g/mol. The third-order valence-electron chi connectivity index (χ3n) is 3.70. The highest BCUT2D eigenvalue weighted by Gasteiger charge is 2.21. The van der Waals surface area contributed by atoms with E-state index in [1.54, 1.807) is 0 Å². The smallest absolute Gasteiger partial charge is 0.00418 e. The Morgan fingerprint density at radius 1 is 1.21 bits per heavy atom. The fourth-order valence-corrected chi connectivity index (χ4v) is 2.91. The van der Waals surface area contributed by atoms with Gasteiger partial charge in [-0.1, -0.05) is 6.42 Å². The predicted octanol–water partition coefficient (Wildman–Crippen LogP) is 1.86. The summed E-state index contributed by atoms with van der Waals surface area (Å²) in [5.41, 5.74) is 0. The van der Waals surface area contributed by atoms with E-state index in [4.69, 9.17) is 0 Å². The van der Waals surface area contributed by atoms with Gasteiger partial charge in [0.25, 0.3) is 0 Å². The summed E-state index contributed by atoms with van der Waals surface area (Å²) < 4.78 is 0. The normalized spacial score (nSPS) is 35.8. The average Bonchev–Trinajstić information content (AvgIpc) is 2.19. The van der Waals surface area contributed by atoms with Gasteiger partial charge in [-0.05, 0) is 58.2 Å². The molecular formula is C12H24N2. The topological polar surface area (TPSA) is 15.3 Å². The van der Waals surface area contributed by atoms with Crippen molar-refractivity contribution in [2.45, 2.75) is 45.1 Å². The number of piperidine rings is 2. The summed E-state index contributed by atoms with van der Waals surface area (Å²) in [6, 6.07) is 0.749. The van der Waals surface area contributed by atoms with Crippen LogP contribution in [0.3, 0.4) is 0 Å². The van der Waals surface area contributed by atoms with Gasteiger partial charge in [-0.15, -0.1) is 0 Å². The summed E-state index contributed by atoms with van der Waals surface area (Å²) in [5, 5.41) is 3.53. The van der Waals surface area contributed by atoms with E-state index in [1.807, 2.05) is 0 Å². The van der Waals surface area contributed by atoms with Crippen LogP contribution >= 0.6 is 0 Å². The van der Waals surface area contributed by atoms with E-state index >= 15 is 0 Å². The molecule has 0 aromatic carbocycles. The lowest BCUT2D eigenvalue weighted by atomic mass is 9.92. The summed E-state index contributed by atoms with van der Waals surface area (Å²) in [4.78, 5) is 2.69. The van der Waals surface area contributed by atoms with Crippen LogP contribution in [0.5, 0.6) is 0 Å². The van der Waals surface area contributed by atoms with E-state index in [0.717, 1.165) is 12.0 Å². The van der Waals surface area contributed by atoms with E-state index in [2.05, 4.69) is 17.1 Å². The molecule has 2 aliphatic rings. The zero-order chi connectivity index (χ0) is 9.80. The van der Waals surface area contributed by atoms with E-state index in [9.17, 15) is 0 Å². The van der Waals surface area contributed by atoms with Crippen molar-refractivity contribution in [2.24, 2.45) is 5.92 Å². The van der Waals surface area contributed by atoms with Crippen LogP contribution in [-0.4, -0.2) is 37.1 Å². The molecule has 0 spiro atoms. The molecule has 0 bridgehead atoms. The first kappa shape index (κ1) is 10.4. The highest BCUT2D eigenvalue weighted by atomic mass is 15.1. The molecule has 2 rings (SSSR count). The summed E-state index contributed by atoms with van der Waals surface area (Å²) in [6.07, 6.45) is 7.09. The van der Waals surface area contributed by atoms with E-state index in [0.29, 0.717) is 0 Å². The van der Waals surface area contributed by atoms with Crippen LogP contribution < -0.4 is 5.32 Å². The fourth-order valence-electron chi connectivity index (χ4n) is 2.91. The van der Waals surface area contributed by atoms with Gasteiger partial charge in [0, 0.05) is 12.6 Å². The summed E-state index contributed by atoms with van der Waals surface area (Å²) >= 11 is 0. The van der Waals surface area contributed by atoms with E-state index < -0.39 is 0 Å². The molecule has 1 unspecified atom stereocenters. The fraction of sp³-hybridized carbons (Fsp3) is 1.00. The van der Waals surface area contributed by atoms with Crippen molar-refractivity contribution in [2.75, 3.05) is 26.2 Å². The minimum Gasteiger partial charge on any atom is -0.314 e. The van der Waals surface area contributed by atoms with Crippen LogP contribution in [0.4, 0.5) is 0 Å². The number of hydrogen-bond donors (Lipinski definition) is 1. The molecule has 0 aliphatic carbocycles. The first-order valence-corrected chi connectivity index (χ1v) is 6.30. The van der Waals surface area contributed by atoms with Crippen molar-refractivity contribution in [3.05, 3.63) is 0 Å². The maximum absolute atomic E-state index is 3.53. The van der Waals surface area contributed by atoms with Gasteiger partial charge in [-0.2, -0.15) is 0 Å². The predicted molar refractivity (Wildman–Crippen MR) is 60.5 cm³/mol. The van der Waals surface area contributed by atoms with E-state index in [-0.39, 0.29) is 0 Å². The molecule has 2 saturated heterocycles. The van der Waals surface area contributed by atoms with Gasteiger partial charge in [0.1, 0.15) is 0 Å². The largest absolute Gasteiger partial charge is 0.314 e. The van der Waals surface area contributed by atoms with Crippen LogP contribution in [0.15, 0.2) is 0 Å². The molecule has 2 heteroatoms. The van der Waals surface area contributed by atoms with Gasteiger partial charge >= 0.3 is 0 Å². The summed E-state index contributed by atoms with van der Waals surface area (Å²) in [7, 11) is 0. The highest BCUT2D eigenvalue weighted by Crippen LogP contribution is 2.19. The lowest BCUT2D eigenvalue weighted by Gasteiger charge is -2.34. The maximum Gasteiger partial charge on any atom is 0.00418 e. The molecular weight excluding hydrogens is 172 g/mol. The molecule has 0 amide bonds. The zero-order valence-electron chi connectivity index (χ0n) is 9.47. The molecule has 14 heavy (non-hydrogen) atoms. The number of likely N-dealkylation sites (tertiary alicyclic amines) is 1. The SMILES string of the molecule is C[C@H]1CC(CN2CCCCC2)CCN1. The quantitative estimate of drug-likeness (QED) is 0.725. The van der Waals surface area contributed by atoms with Crippen LogP contribution in [0.1, 0.15) is 39.0 Å². The molecule has 2 aliphatic heterocycles. The third kappa shape index (κ3) is 2.96. The average molecular weight is 196 g/mol. The molecule has 1 N–H and O–H groups in total. The minimum absolute atomic E-state index is 0.749. The highest BCUT2D eigenvalue weighted by molar-refractivity contribution is 4.78. The van der Waals surface area contributed by atoms with Crippen LogP contribution in [-0.2, 0) is 0 Å². The Morgan fingerprint density at radius 2 is 2.00 bits per heavy atom. The van der Waals surface area contributed by atoms with Crippen LogP contribution in [0.2, 0.25) is 0 Å². The number of hydrogen-bond acceptors (Lipinski definition) is 2. The third-order valence-corrected chi connectivity index (χ3v) is 3.70. The minimum atomic E-state index is 0.749. The summed E-state index contributed by atoms with van der Waals surface area (Å²) in [5.74, 6) is 0.962. The Morgan fingerprint density at radius 3 is 2.71 bits per heavy atom. The Balaban J connectivity index is 1.72. The molecule has 0 aromatic heterocycles. The second-order valence-corrected chi connectivity index (χ2v) is 5.11. The van der Waals surface area contributed by atoms with E-state index in [1.165, 1.54) is 58.3 Å². The van der Waals surface area contributed by atoms with Crippen molar-refractivity contribution in [1.29, 1.82) is 0 Å². The Kier molecular flexibility index (Phi) is 3.82. The number of nitrogens with zero attached hydrogens (tertiary/aromatic N) is 1. The lowest BCUT2D eigenvalue weighted by molar-refractivity contribution is 0.167. The molecule has 2 nitrogen and oxygen atoms in total. The standard InChI is InChI=1S/C12H24N2/c1-11-9-12(5-6-13-11)10-14-7-3-2-4-8-14/h11-13H,2-10H2,1H3/t11-,12?/m0/s1. The molecule has 2 fully saturated rings. The molecule has 0 saturated carbocycles. The Labute approximate surface area is 88.1 Å². The van der Waals surface area contributed by atoms with Crippen molar-refractivity contribution in [1.82, 2.24) is 10.2 Å². The second kappa shape index (κ2) is 5.13. The zero-order valence-corrected chi connectivity index (χ0v) is 9.47. The lowest BCUT2D eigenvalue weighted by Crippen LogP contribution is -2.41. The molecule has 0 aromatic rings. The van der Waals surface area contributed by atoms with Crippen molar-refractivity contribution in [3.8, 4) is 0 Å². The molecule has 82 valence electrons. The van der Waals surface area contributed by atoms with Gasteiger partial charge in [-0.25, -0.2) is 0 Å². The van der Waals surface area contributed by atoms with Gasteiger partial charge < -0.3 is 10.2 Å². The van der Waals surface area contributed by atoms with Gasteiger partial charge in [0.15, 0.2) is 0 Å². The Bertz CT molecular complexity index is 164. The van der Waals surface area contributed by atoms with Crippen LogP contribution in [0.25, 0.3) is 0 Å². The Hall–Kier alpha value is -0.0800. The second-order valence-electron chi connectivity index (χ2n) is 5.11. The van der Waals surface area contributed by atoms with Crippen molar-refractivity contribution < 1.29 is 0 Å². The van der Waals surface area contributed by atoms with Gasteiger partial charge in [0.05, 0.1) is 0 Å². The maximum atomic E-state index is 3.53. The number of nitrogens with one attached hydrogen (secondary N) is 1. The molecule has 0 radical (unpaired) electrons. The van der Waals surface area contributed by atoms with Crippen molar-refractivity contribution >= 4 is 0 Å².